The predicted octanol–water partition coefficient (Wildman–Crippen LogP) is 2.22. The van der Waals surface area contributed by atoms with Crippen molar-refractivity contribution in [3.8, 4) is 0 Å². The lowest BCUT2D eigenvalue weighted by Crippen LogP contribution is -2.60. The molecule has 3 unspecified atom stereocenters. The van der Waals surface area contributed by atoms with Crippen LogP contribution in [0.25, 0.3) is 0 Å². The highest BCUT2D eigenvalue weighted by Gasteiger charge is 2.45. The smallest absolute Gasteiger partial charge is 0.0783 e. The fourth-order valence-corrected chi connectivity index (χ4v) is 5.04. The molecular formula is C15H30N2OS. The topological polar surface area (TPSA) is 24.5 Å². The van der Waals surface area contributed by atoms with Gasteiger partial charge in [-0.25, -0.2) is 0 Å². The standard InChI is InChI=1S/C15H30N2OS/c1-14(2,17(4)5)13(16-3)12-6-8-18-15(10-12)7-9-19-11-15/h12-13,16H,6-11H2,1-5H3. The molecule has 4 heteroatoms. The predicted molar refractivity (Wildman–Crippen MR) is 84.0 cm³/mol. The van der Waals surface area contributed by atoms with Crippen LogP contribution in [-0.4, -0.2) is 61.3 Å². The lowest BCUT2D eigenvalue weighted by Gasteiger charge is -2.48. The van der Waals surface area contributed by atoms with Crippen molar-refractivity contribution in [3.05, 3.63) is 0 Å². The summed E-state index contributed by atoms with van der Waals surface area (Å²) in [7, 11) is 6.48. The monoisotopic (exact) mass is 286 g/mol. The lowest BCUT2D eigenvalue weighted by molar-refractivity contribution is -0.0930. The largest absolute Gasteiger partial charge is 0.374 e. The summed E-state index contributed by atoms with van der Waals surface area (Å²) in [5, 5.41) is 3.60. The second-order valence-corrected chi connectivity index (χ2v) is 8.01. The van der Waals surface area contributed by atoms with Crippen molar-refractivity contribution < 1.29 is 4.74 Å². The van der Waals surface area contributed by atoms with E-state index in [1.54, 1.807) is 0 Å². The van der Waals surface area contributed by atoms with Crippen LogP contribution in [0.3, 0.4) is 0 Å². The quantitative estimate of drug-likeness (QED) is 0.856. The number of ether oxygens (including phenoxy) is 1. The molecule has 3 nitrogen and oxygen atoms in total. The summed E-state index contributed by atoms with van der Waals surface area (Å²) in [5.41, 5.74) is 0.356. The molecule has 0 aliphatic carbocycles. The zero-order chi connectivity index (χ0) is 14.1. The Morgan fingerprint density at radius 3 is 2.68 bits per heavy atom. The minimum Gasteiger partial charge on any atom is -0.374 e. The van der Waals surface area contributed by atoms with Gasteiger partial charge in [-0.1, -0.05) is 0 Å². The molecule has 2 fully saturated rings. The van der Waals surface area contributed by atoms with Crippen molar-refractivity contribution in [3.63, 3.8) is 0 Å². The molecule has 2 saturated heterocycles. The third kappa shape index (κ3) is 3.12. The second kappa shape index (κ2) is 5.92. The van der Waals surface area contributed by atoms with Gasteiger partial charge in [0.2, 0.25) is 0 Å². The van der Waals surface area contributed by atoms with E-state index in [2.05, 4.69) is 57.0 Å². The molecule has 0 radical (unpaired) electrons. The highest BCUT2D eigenvalue weighted by Crippen LogP contribution is 2.42. The minimum atomic E-state index is 0.170. The Bertz CT molecular complexity index is 301. The van der Waals surface area contributed by atoms with Gasteiger partial charge in [0.05, 0.1) is 5.60 Å². The molecule has 1 spiro atoms. The maximum Gasteiger partial charge on any atom is 0.0783 e. The molecule has 0 aromatic rings. The molecule has 0 aromatic heterocycles. The molecule has 19 heavy (non-hydrogen) atoms. The summed E-state index contributed by atoms with van der Waals surface area (Å²) in [5.74, 6) is 3.19. The van der Waals surface area contributed by atoms with Crippen LogP contribution in [0, 0.1) is 5.92 Å². The Morgan fingerprint density at radius 1 is 1.42 bits per heavy atom. The molecule has 0 bridgehead atoms. The van der Waals surface area contributed by atoms with Crippen molar-refractivity contribution in [1.82, 2.24) is 10.2 Å². The highest BCUT2D eigenvalue weighted by molar-refractivity contribution is 7.99. The van der Waals surface area contributed by atoms with Crippen LogP contribution >= 0.6 is 11.8 Å². The van der Waals surface area contributed by atoms with Crippen molar-refractivity contribution in [1.29, 1.82) is 0 Å². The Kier molecular flexibility index (Phi) is 4.87. The van der Waals surface area contributed by atoms with Gasteiger partial charge in [-0.2, -0.15) is 11.8 Å². The third-order valence-corrected chi connectivity index (χ3v) is 6.52. The lowest BCUT2D eigenvalue weighted by atomic mass is 9.74. The summed E-state index contributed by atoms with van der Waals surface area (Å²) < 4.78 is 6.16. The van der Waals surface area contributed by atoms with Gasteiger partial charge in [0.25, 0.3) is 0 Å². The fourth-order valence-electron chi connectivity index (χ4n) is 3.66. The van der Waals surface area contributed by atoms with Crippen molar-refractivity contribution >= 4 is 11.8 Å². The van der Waals surface area contributed by atoms with Crippen LogP contribution in [0.5, 0.6) is 0 Å². The average Bonchev–Trinajstić information content (AvgIpc) is 2.77. The van der Waals surface area contributed by atoms with Gasteiger partial charge in [0.1, 0.15) is 0 Å². The van der Waals surface area contributed by atoms with Crippen molar-refractivity contribution in [2.24, 2.45) is 5.92 Å². The average molecular weight is 286 g/mol. The Labute approximate surface area is 122 Å². The number of rotatable bonds is 4. The Morgan fingerprint density at radius 2 is 2.16 bits per heavy atom. The van der Waals surface area contributed by atoms with Crippen LogP contribution in [0.15, 0.2) is 0 Å². The molecule has 1 N–H and O–H groups in total. The van der Waals surface area contributed by atoms with E-state index in [1.165, 1.54) is 30.8 Å². The number of nitrogens with zero attached hydrogens (tertiary/aromatic N) is 1. The van der Waals surface area contributed by atoms with E-state index < -0.39 is 0 Å². The van der Waals surface area contributed by atoms with Crippen LogP contribution in [-0.2, 0) is 4.74 Å². The minimum absolute atomic E-state index is 0.170. The van der Waals surface area contributed by atoms with Crippen LogP contribution < -0.4 is 5.32 Å². The first-order valence-corrected chi connectivity index (χ1v) is 8.63. The van der Waals surface area contributed by atoms with Gasteiger partial charge in [0.15, 0.2) is 0 Å². The van der Waals surface area contributed by atoms with Crippen molar-refractivity contribution in [2.45, 2.75) is 50.3 Å². The van der Waals surface area contributed by atoms with Gasteiger partial charge in [-0.3, -0.25) is 0 Å². The zero-order valence-corrected chi connectivity index (χ0v) is 14.0. The zero-order valence-electron chi connectivity index (χ0n) is 13.2. The van der Waals surface area contributed by atoms with Gasteiger partial charge >= 0.3 is 0 Å². The summed E-state index contributed by atoms with van der Waals surface area (Å²) in [4.78, 5) is 2.35. The van der Waals surface area contributed by atoms with Crippen LogP contribution in [0.1, 0.15) is 33.1 Å². The summed E-state index contributed by atoms with van der Waals surface area (Å²) in [6.07, 6.45) is 3.66. The Hall–Kier alpha value is 0.230. The molecular weight excluding hydrogens is 256 g/mol. The number of hydrogen-bond acceptors (Lipinski definition) is 4. The van der Waals surface area contributed by atoms with Gasteiger partial charge < -0.3 is 15.0 Å². The maximum atomic E-state index is 6.16. The summed E-state index contributed by atoms with van der Waals surface area (Å²) >= 11 is 2.06. The van der Waals surface area contributed by atoms with E-state index in [9.17, 15) is 0 Å². The van der Waals surface area contributed by atoms with Crippen LogP contribution in [0.2, 0.25) is 0 Å². The van der Waals surface area contributed by atoms with Gasteiger partial charge in [0, 0.05) is 23.9 Å². The van der Waals surface area contributed by atoms with Crippen LogP contribution in [0.4, 0.5) is 0 Å². The van der Waals surface area contributed by atoms with E-state index in [1.807, 2.05) is 0 Å². The highest BCUT2D eigenvalue weighted by atomic mass is 32.2. The van der Waals surface area contributed by atoms with E-state index in [-0.39, 0.29) is 11.1 Å². The molecule has 112 valence electrons. The number of thioether (sulfide) groups is 1. The first kappa shape index (κ1) is 15.6. The molecule has 0 aromatic carbocycles. The van der Waals surface area contributed by atoms with Gasteiger partial charge in [-0.15, -0.1) is 0 Å². The summed E-state index contributed by atoms with van der Waals surface area (Å²) in [6, 6.07) is 0.522. The SMILES string of the molecule is CNC(C1CCOC2(CCSC2)C1)C(C)(C)N(C)C. The number of likely N-dealkylation sites (N-methyl/N-ethyl adjacent to an activating group) is 2. The molecule has 2 heterocycles. The molecule has 2 rings (SSSR count). The first-order chi connectivity index (χ1) is 8.91. The molecule has 2 aliphatic rings. The molecule has 2 aliphatic heterocycles. The fraction of sp³-hybridized carbons (Fsp3) is 1.00. The molecule has 0 amide bonds. The van der Waals surface area contributed by atoms with E-state index >= 15 is 0 Å². The number of nitrogens with one attached hydrogen (secondary N) is 1. The summed E-state index contributed by atoms with van der Waals surface area (Å²) in [6.45, 7) is 5.63. The van der Waals surface area contributed by atoms with Crippen molar-refractivity contribution in [2.75, 3.05) is 39.3 Å². The molecule has 3 atom stereocenters. The third-order valence-electron chi connectivity index (χ3n) is 5.29. The van der Waals surface area contributed by atoms with E-state index in [0.717, 1.165) is 12.5 Å². The second-order valence-electron chi connectivity index (χ2n) is 6.90. The molecule has 0 saturated carbocycles. The van der Waals surface area contributed by atoms with E-state index in [4.69, 9.17) is 4.74 Å². The van der Waals surface area contributed by atoms with E-state index in [0.29, 0.717) is 6.04 Å². The normalized spacial score (nSPS) is 34.1. The first-order valence-electron chi connectivity index (χ1n) is 7.48. The van der Waals surface area contributed by atoms with Gasteiger partial charge in [-0.05, 0) is 65.9 Å². The Balaban J connectivity index is 2.10. The maximum absolute atomic E-state index is 6.16. The number of hydrogen-bond donors (Lipinski definition) is 1.